The van der Waals surface area contributed by atoms with Crippen molar-refractivity contribution >= 4 is 39.6 Å². The third kappa shape index (κ3) is 3.85. The van der Waals surface area contributed by atoms with Crippen LogP contribution in [-0.4, -0.2) is 56.4 Å². The number of likely N-dealkylation sites (tertiary alicyclic amines) is 1. The number of nitrogens with one attached hydrogen (secondary N) is 2. The number of aromatic nitrogens is 2. The van der Waals surface area contributed by atoms with E-state index in [0.717, 1.165) is 21.8 Å². The summed E-state index contributed by atoms with van der Waals surface area (Å²) in [5.41, 5.74) is 2.00. The van der Waals surface area contributed by atoms with Gasteiger partial charge >= 0.3 is 5.97 Å². The highest BCUT2D eigenvalue weighted by Crippen LogP contribution is 2.25. The fourth-order valence-electron chi connectivity index (χ4n) is 4.24. The summed E-state index contributed by atoms with van der Waals surface area (Å²) >= 11 is 0. The fourth-order valence-corrected chi connectivity index (χ4v) is 4.24. The lowest BCUT2D eigenvalue weighted by molar-refractivity contribution is -0.149. The predicted molar refractivity (Wildman–Crippen MR) is 117 cm³/mol. The van der Waals surface area contributed by atoms with E-state index in [2.05, 4.69) is 15.3 Å². The minimum atomic E-state index is -1.01. The molecule has 162 valence electrons. The quantitative estimate of drug-likeness (QED) is 0.565. The van der Waals surface area contributed by atoms with Crippen LogP contribution in [0.15, 0.2) is 36.5 Å². The molecular formula is C23H26N4O4. The van der Waals surface area contributed by atoms with Crippen molar-refractivity contribution in [3.63, 3.8) is 0 Å². The van der Waals surface area contributed by atoms with Crippen LogP contribution in [0.4, 0.5) is 0 Å². The van der Waals surface area contributed by atoms with Gasteiger partial charge in [-0.15, -0.1) is 0 Å². The van der Waals surface area contributed by atoms with Crippen LogP contribution in [0.25, 0.3) is 21.8 Å². The molecule has 0 aliphatic carbocycles. The lowest BCUT2D eigenvalue weighted by Gasteiger charge is -2.30. The van der Waals surface area contributed by atoms with E-state index >= 15 is 0 Å². The van der Waals surface area contributed by atoms with E-state index < -0.39 is 24.0 Å². The Hall–Kier alpha value is -3.42. The van der Waals surface area contributed by atoms with Crippen LogP contribution >= 0.6 is 0 Å². The molecule has 1 aliphatic rings. The molecule has 8 nitrogen and oxygen atoms in total. The van der Waals surface area contributed by atoms with Gasteiger partial charge in [0.15, 0.2) is 0 Å². The molecule has 3 N–H and O–H groups in total. The van der Waals surface area contributed by atoms with Crippen LogP contribution in [-0.2, 0) is 9.59 Å². The Bertz CT molecular complexity index is 1150. The molecular weight excluding hydrogens is 396 g/mol. The Morgan fingerprint density at radius 2 is 2.03 bits per heavy atom. The Morgan fingerprint density at radius 1 is 1.26 bits per heavy atom. The van der Waals surface area contributed by atoms with Gasteiger partial charge in [0, 0.05) is 22.8 Å². The van der Waals surface area contributed by atoms with Gasteiger partial charge in [0.1, 0.15) is 17.8 Å². The highest BCUT2D eigenvalue weighted by Gasteiger charge is 2.39. The number of amides is 2. The summed E-state index contributed by atoms with van der Waals surface area (Å²) in [5.74, 6) is -1.95. The first-order chi connectivity index (χ1) is 14.9. The summed E-state index contributed by atoms with van der Waals surface area (Å²) in [6, 6.07) is 7.88. The molecule has 0 spiro atoms. The molecule has 8 heteroatoms. The zero-order valence-corrected chi connectivity index (χ0v) is 17.6. The summed E-state index contributed by atoms with van der Waals surface area (Å²) in [6.45, 7) is 4.20. The molecule has 0 bridgehead atoms. The normalized spacial score (nSPS) is 18.3. The lowest BCUT2D eigenvalue weighted by Crippen LogP contribution is -2.54. The van der Waals surface area contributed by atoms with Crippen LogP contribution in [0.5, 0.6) is 0 Å². The van der Waals surface area contributed by atoms with Gasteiger partial charge in [-0.1, -0.05) is 38.5 Å². The van der Waals surface area contributed by atoms with Gasteiger partial charge in [0.2, 0.25) is 5.91 Å². The topological polar surface area (TPSA) is 115 Å². The number of hydrogen-bond donors (Lipinski definition) is 3. The van der Waals surface area contributed by atoms with Crippen LogP contribution in [0.1, 0.15) is 43.6 Å². The van der Waals surface area contributed by atoms with Crippen molar-refractivity contribution in [2.45, 2.75) is 45.2 Å². The largest absolute Gasteiger partial charge is 0.480 e. The van der Waals surface area contributed by atoms with Crippen LogP contribution < -0.4 is 5.32 Å². The highest BCUT2D eigenvalue weighted by molar-refractivity contribution is 6.09. The third-order valence-corrected chi connectivity index (χ3v) is 6.21. The second-order valence-corrected chi connectivity index (χ2v) is 8.15. The number of fused-ring (bicyclic) bond motifs is 3. The maximum Gasteiger partial charge on any atom is 0.326 e. The number of pyridine rings is 1. The molecule has 1 saturated heterocycles. The average molecular weight is 422 g/mol. The van der Waals surface area contributed by atoms with Crippen molar-refractivity contribution in [3.05, 3.63) is 42.2 Å². The molecule has 3 unspecified atom stereocenters. The third-order valence-electron chi connectivity index (χ3n) is 6.21. The predicted octanol–water partition coefficient (Wildman–Crippen LogP) is 2.94. The van der Waals surface area contributed by atoms with E-state index in [4.69, 9.17) is 0 Å². The molecule has 4 rings (SSSR count). The van der Waals surface area contributed by atoms with Crippen molar-refractivity contribution < 1.29 is 19.5 Å². The van der Waals surface area contributed by atoms with Gasteiger partial charge in [0.05, 0.1) is 11.7 Å². The zero-order valence-electron chi connectivity index (χ0n) is 17.6. The van der Waals surface area contributed by atoms with Crippen molar-refractivity contribution in [3.8, 4) is 0 Å². The van der Waals surface area contributed by atoms with Crippen LogP contribution in [0.3, 0.4) is 0 Å². The summed E-state index contributed by atoms with van der Waals surface area (Å²) < 4.78 is 0. The standard InChI is InChI=1S/C23H26N4O4/c1-3-13(2)20(22(29)27-10-6-9-19(27)23(30)31)26-21(28)17-11-15-14-7-4-5-8-16(14)25-18(15)12-24-17/h4-5,7-8,11-13,19-20,25H,3,6,9-10H2,1-2H3,(H,26,28)(H,30,31). The molecule has 2 aromatic heterocycles. The number of H-pyrrole nitrogens is 1. The number of hydrogen-bond acceptors (Lipinski definition) is 4. The SMILES string of the molecule is CCC(C)C(NC(=O)c1cc2c(cn1)[nH]c1ccccc12)C(=O)N1CCCC1C(=O)O. The first-order valence-corrected chi connectivity index (χ1v) is 10.6. The number of benzene rings is 1. The Morgan fingerprint density at radius 3 is 2.77 bits per heavy atom. The number of carbonyl (C=O) groups is 3. The van der Waals surface area contributed by atoms with Gasteiger partial charge in [-0.25, -0.2) is 9.78 Å². The molecule has 2 amide bonds. The van der Waals surface area contributed by atoms with Crippen LogP contribution in [0.2, 0.25) is 0 Å². The van der Waals surface area contributed by atoms with Crippen molar-refractivity contribution in [2.24, 2.45) is 5.92 Å². The Balaban J connectivity index is 1.61. The van der Waals surface area contributed by atoms with E-state index in [1.807, 2.05) is 38.1 Å². The molecule has 31 heavy (non-hydrogen) atoms. The first-order valence-electron chi connectivity index (χ1n) is 10.6. The van der Waals surface area contributed by atoms with E-state index in [1.54, 1.807) is 12.3 Å². The number of carbonyl (C=O) groups excluding carboxylic acids is 2. The number of para-hydroxylation sites is 1. The molecule has 1 fully saturated rings. The maximum atomic E-state index is 13.2. The summed E-state index contributed by atoms with van der Waals surface area (Å²) in [4.78, 5) is 46.7. The van der Waals surface area contributed by atoms with Gasteiger partial charge in [-0.3, -0.25) is 9.59 Å². The highest BCUT2D eigenvalue weighted by atomic mass is 16.4. The lowest BCUT2D eigenvalue weighted by atomic mass is 9.97. The second-order valence-electron chi connectivity index (χ2n) is 8.15. The molecule has 0 saturated carbocycles. The smallest absolute Gasteiger partial charge is 0.326 e. The van der Waals surface area contributed by atoms with E-state index in [0.29, 0.717) is 25.8 Å². The van der Waals surface area contributed by atoms with E-state index in [1.165, 1.54) is 4.90 Å². The minimum absolute atomic E-state index is 0.150. The van der Waals surface area contributed by atoms with E-state index in [-0.39, 0.29) is 17.5 Å². The van der Waals surface area contributed by atoms with Gasteiger partial charge < -0.3 is 20.3 Å². The first kappa shape index (κ1) is 20.8. The number of aliphatic carboxylic acids is 1. The Labute approximate surface area is 179 Å². The minimum Gasteiger partial charge on any atom is -0.480 e. The molecule has 1 aromatic carbocycles. The van der Waals surface area contributed by atoms with Crippen molar-refractivity contribution in [2.75, 3.05) is 6.54 Å². The Kier molecular flexibility index (Phi) is 5.63. The van der Waals surface area contributed by atoms with Gasteiger partial charge in [-0.05, 0) is 30.9 Å². The monoisotopic (exact) mass is 422 g/mol. The van der Waals surface area contributed by atoms with Gasteiger partial charge in [0.25, 0.3) is 5.91 Å². The fraction of sp³-hybridized carbons (Fsp3) is 0.391. The van der Waals surface area contributed by atoms with Crippen molar-refractivity contribution in [1.29, 1.82) is 0 Å². The summed E-state index contributed by atoms with van der Waals surface area (Å²) in [5, 5.41) is 14.1. The number of carboxylic acids is 1. The van der Waals surface area contributed by atoms with Gasteiger partial charge in [-0.2, -0.15) is 0 Å². The molecule has 0 radical (unpaired) electrons. The summed E-state index contributed by atoms with van der Waals surface area (Å²) in [7, 11) is 0. The molecule has 3 heterocycles. The zero-order chi connectivity index (χ0) is 22.1. The number of nitrogens with zero attached hydrogens (tertiary/aromatic N) is 2. The number of aromatic amines is 1. The maximum absolute atomic E-state index is 13.2. The van der Waals surface area contributed by atoms with Crippen molar-refractivity contribution in [1.82, 2.24) is 20.2 Å². The number of rotatable bonds is 6. The molecule has 1 aliphatic heterocycles. The molecule has 3 aromatic rings. The molecule has 3 atom stereocenters. The van der Waals surface area contributed by atoms with E-state index in [9.17, 15) is 19.5 Å². The number of carboxylic acid groups (broad SMARTS) is 1. The second kappa shape index (κ2) is 8.37. The summed E-state index contributed by atoms with van der Waals surface area (Å²) in [6.07, 6.45) is 3.35. The van der Waals surface area contributed by atoms with Crippen LogP contribution in [0, 0.1) is 5.92 Å². The average Bonchev–Trinajstić information content (AvgIpc) is 3.41.